The number of aliphatic hydroxyl groups is 1. The molecule has 0 heterocycles. The maximum absolute atomic E-state index is 12.1. The van der Waals surface area contributed by atoms with Gasteiger partial charge in [-0.05, 0) is 34.8 Å². The maximum atomic E-state index is 12.1. The average Bonchev–Trinajstić information content (AvgIpc) is 2.46. The highest BCUT2D eigenvalue weighted by Crippen LogP contribution is 2.28. The summed E-state index contributed by atoms with van der Waals surface area (Å²) in [6, 6.07) is 4.35. The van der Waals surface area contributed by atoms with Crippen molar-refractivity contribution in [1.82, 2.24) is 5.32 Å². The monoisotopic (exact) mass is 356 g/mol. The number of nitro benzene ring substituents is 1. The van der Waals surface area contributed by atoms with Crippen LogP contribution in [0, 0.1) is 16.0 Å². The third-order valence-corrected chi connectivity index (χ3v) is 4.65. The number of nitrogens with zero attached hydrogens (tertiary/aromatic N) is 1. The number of rotatable bonds is 4. The third kappa shape index (κ3) is 3.79. The molecule has 1 aromatic carbocycles. The zero-order chi connectivity index (χ0) is 15.4. The molecule has 114 valence electrons. The van der Waals surface area contributed by atoms with Crippen LogP contribution in [0.25, 0.3) is 0 Å². The number of halogens is 1. The summed E-state index contributed by atoms with van der Waals surface area (Å²) in [6.45, 7) is 0.384. The number of nitrogens with one attached hydrogen (secondary N) is 1. The van der Waals surface area contributed by atoms with E-state index in [9.17, 15) is 20.0 Å². The molecular formula is C14H17BrN2O4. The number of amides is 1. The van der Waals surface area contributed by atoms with E-state index in [1.807, 2.05) is 0 Å². The maximum Gasteiger partial charge on any atom is 0.284 e. The molecule has 2 atom stereocenters. The van der Waals surface area contributed by atoms with Crippen molar-refractivity contribution in [3.8, 4) is 0 Å². The molecule has 7 heteroatoms. The van der Waals surface area contributed by atoms with E-state index in [0.717, 1.165) is 25.7 Å². The molecule has 0 saturated heterocycles. The minimum absolute atomic E-state index is 0.0557. The van der Waals surface area contributed by atoms with E-state index in [1.54, 1.807) is 0 Å². The Hall–Kier alpha value is -1.47. The quantitative estimate of drug-likeness (QED) is 0.640. The van der Waals surface area contributed by atoms with E-state index in [0.29, 0.717) is 6.54 Å². The number of aliphatic hydroxyl groups excluding tert-OH is 1. The fourth-order valence-corrected chi connectivity index (χ4v) is 3.17. The molecule has 0 radical (unpaired) electrons. The Morgan fingerprint density at radius 1 is 1.43 bits per heavy atom. The van der Waals surface area contributed by atoms with Gasteiger partial charge < -0.3 is 10.4 Å². The molecule has 1 fully saturated rings. The molecule has 2 unspecified atom stereocenters. The lowest BCUT2D eigenvalue weighted by atomic mass is 9.86. The predicted octanol–water partition coefficient (Wildman–Crippen LogP) is 2.64. The van der Waals surface area contributed by atoms with Crippen LogP contribution >= 0.6 is 15.9 Å². The molecule has 6 nitrogen and oxygen atoms in total. The SMILES string of the molecule is O=C(NCC1CCCCC1O)c1cccc([N+](=O)[O-])c1Br. The summed E-state index contributed by atoms with van der Waals surface area (Å²) < 4.78 is 0.177. The van der Waals surface area contributed by atoms with E-state index in [2.05, 4.69) is 21.2 Å². The highest BCUT2D eigenvalue weighted by molar-refractivity contribution is 9.10. The lowest BCUT2D eigenvalue weighted by molar-refractivity contribution is -0.385. The molecule has 1 aliphatic carbocycles. The molecule has 2 rings (SSSR count). The van der Waals surface area contributed by atoms with E-state index in [1.165, 1.54) is 18.2 Å². The summed E-state index contributed by atoms with van der Waals surface area (Å²) in [5.74, 6) is -0.316. The lowest BCUT2D eigenvalue weighted by Crippen LogP contribution is -2.36. The van der Waals surface area contributed by atoms with E-state index in [4.69, 9.17) is 0 Å². The first-order valence-electron chi connectivity index (χ1n) is 6.90. The summed E-state index contributed by atoms with van der Waals surface area (Å²) in [5, 5.41) is 23.5. The number of carbonyl (C=O) groups excluding carboxylic acids is 1. The molecule has 1 aromatic rings. The van der Waals surface area contributed by atoms with Crippen molar-refractivity contribution >= 4 is 27.5 Å². The van der Waals surface area contributed by atoms with Gasteiger partial charge in [0.1, 0.15) is 4.47 Å². The van der Waals surface area contributed by atoms with E-state index < -0.39 is 4.92 Å². The van der Waals surface area contributed by atoms with Gasteiger partial charge in [0.05, 0.1) is 16.6 Å². The van der Waals surface area contributed by atoms with Gasteiger partial charge in [-0.2, -0.15) is 0 Å². The second kappa shape index (κ2) is 7.00. The Morgan fingerprint density at radius 3 is 2.81 bits per heavy atom. The minimum Gasteiger partial charge on any atom is -0.393 e. The average molecular weight is 357 g/mol. The molecular weight excluding hydrogens is 340 g/mol. The molecule has 0 aliphatic heterocycles. The lowest BCUT2D eigenvalue weighted by Gasteiger charge is -2.27. The van der Waals surface area contributed by atoms with Crippen molar-refractivity contribution in [3.63, 3.8) is 0 Å². The molecule has 0 aromatic heterocycles. The van der Waals surface area contributed by atoms with Crippen molar-refractivity contribution in [1.29, 1.82) is 0 Å². The summed E-state index contributed by atoms with van der Waals surface area (Å²) in [4.78, 5) is 22.5. The fraction of sp³-hybridized carbons (Fsp3) is 0.500. The highest BCUT2D eigenvalue weighted by atomic mass is 79.9. The fourth-order valence-electron chi connectivity index (χ4n) is 2.58. The molecule has 1 aliphatic rings. The molecule has 1 saturated carbocycles. The second-order valence-electron chi connectivity index (χ2n) is 5.22. The van der Waals surface area contributed by atoms with Crippen LogP contribution in [0.4, 0.5) is 5.69 Å². The molecule has 1 amide bonds. The number of benzene rings is 1. The predicted molar refractivity (Wildman–Crippen MR) is 81.1 cm³/mol. The van der Waals surface area contributed by atoms with Gasteiger partial charge in [0.25, 0.3) is 11.6 Å². The number of hydrogen-bond donors (Lipinski definition) is 2. The first-order chi connectivity index (χ1) is 10.0. The first kappa shape index (κ1) is 15.9. The van der Waals surface area contributed by atoms with Gasteiger partial charge in [-0.1, -0.05) is 18.9 Å². The summed E-state index contributed by atoms with van der Waals surface area (Å²) in [6.07, 6.45) is 3.34. The Labute approximate surface area is 130 Å². The third-order valence-electron chi connectivity index (χ3n) is 3.81. The van der Waals surface area contributed by atoms with Crippen LogP contribution < -0.4 is 5.32 Å². The van der Waals surface area contributed by atoms with Gasteiger partial charge in [0.15, 0.2) is 0 Å². The summed E-state index contributed by atoms with van der Waals surface area (Å²) in [5.41, 5.74) is 0.0925. The van der Waals surface area contributed by atoms with Gasteiger partial charge in [-0.3, -0.25) is 14.9 Å². The first-order valence-corrected chi connectivity index (χ1v) is 7.69. The van der Waals surface area contributed by atoms with Gasteiger partial charge in [0, 0.05) is 18.5 Å². The molecule has 0 bridgehead atoms. The van der Waals surface area contributed by atoms with Crippen molar-refractivity contribution in [2.24, 2.45) is 5.92 Å². The van der Waals surface area contributed by atoms with E-state index >= 15 is 0 Å². The smallest absolute Gasteiger partial charge is 0.284 e. The largest absolute Gasteiger partial charge is 0.393 e. The Morgan fingerprint density at radius 2 is 2.14 bits per heavy atom. The van der Waals surface area contributed by atoms with Crippen LogP contribution in [0.2, 0.25) is 0 Å². The summed E-state index contributed by atoms with van der Waals surface area (Å²) >= 11 is 3.11. The van der Waals surface area contributed by atoms with Gasteiger partial charge >= 0.3 is 0 Å². The second-order valence-corrected chi connectivity index (χ2v) is 6.01. The summed E-state index contributed by atoms with van der Waals surface area (Å²) in [7, 11) is 0. The standard InChI is InChI=1S/C14H17BrN2O4/c15-13-10(5-3-6-11(13)17(20)21)14(19)16-8-9-4-1-2-7-12(9)18/h3,5-6,9,12,18H,1-2,4,7-8H2,(H,16,19). The number of hydrogen-bond acceptors (Lipinski definition) is 4. The number of nitro groups is 1. The van der Waals surface area contributed by atoms with Gasteiger partial charge in [-0.25, -0.2) is 0 Å². The van der Waals surface area contributed by atoms with Crippen LogP contribution in [0.3, 0.4) is 0 Å². The normalized spacial score (nSPS) is 21.8. The molecule has 0 spiro atoms. The van der Waals surface area contributed by atoms with Crippen LogP contribution in [0.5, 0.6) is 0 Å². The Balaban J connectivity index is 2.03. The van der Waals surface area contributed by atoms with Crippen LogP contribution in [0.15, 0.2) is 22.7 Å². The highest BCUT2D eigenvalue weighted by Gasteiger charge is 2.24. The van der Waals surface area contributed by atoms with Crippen molar-refractivity contribution in [2.75, 3.05) is 6.54 Å². The van der Waals surface area contributed by atoms with Crippen molar-refractivity contribution < 1.29 is 14.8 Å². The van der Waals surface area contributed by atoms with Crippen molar-refractivity contribution in [2.45, 2.75) is 31.8 Å². The minimum atomic E-state index is -0.536. The van der Waals surface area contributed by atoms with Crippen LogP contribution in [0.1, 0.15) is 36.0 Å². The zero-order valence-electron chi connectivity index (χ0n) is 11.4. The molecule has 21 heavy (non-hydrogen) atoms. The van der Waals surface area contributed by atoms with Gasteiger partial charge in [0.2, 0.25) is 0 Å². The van der Waals surface area contributed by atoms with Gasteiger partial charge in [-0.15, -0.1) is 0 Å². The molecule has 2 N–H and O–H groups in total. The van der Waals surface area contributed by atoms with Crippen LogP contribution in [-0.2, 0) is 0 Å². The van der Waals surface area contributed by atoms with Crippen LogP contribution in [-0.4, -0.2) is 28.6 Å². The Bertz CT molecular complexity index is 550. The number of carbonyl (C=O) groups is 1. The zero-order valence-corrected chi connectivity index (χ0v) is 13.0. The Kier molecular flexibility index (Phi) is 5.30. The van der Waals surface area contributed by atoms with E-state index in [-0.39, 0.29) is 33.7 Å². The topological polar surface area (TPSA) is 92.5 Å². The van der Waals surface area contributed by atoms with Crippen molar-refractivity contribution in [3.05, 3.63) is 38.3 Å².